The first-order valence-corrected chi connectivity index (χ1v) is 6.34. The van der Waals surface area contributed by atoms with E-state index in [1.54, 1.807) is 13.1 Å². The molecule has 1 amide bonds. The van der Waals surface area contributed by atoms with Gasteiger partial charge in [0.2, 0.25) is 0 Å². The SMILES string of the molecule is CNc1cccc(C(=O)NCC2CCCCO2)n1. The third kappa shape index (κ3) is 3.43. The zero-order valence-electron chi connectivity index (χ0n) is 10.6. The van der Waals surface area contributed by atoms with Crippen molar-refractivity contribution in [3.63, 3.8) is 0 Å². The summed E-state index contributed by atoms with van der Waals surface area (Å²) in [6, 6.07) is 5.34. The van der Waals surface area contributed by atoms with Gasteiger partial charge in [-0.05, 0) is 31.4 Å². The van der Waals surface area contributed by atoms with Crippen LogP contribution in [0.1, 0.15) is 29.8 Å². The van der Waals surface area contributed by atoms with Crippen molar-refractivity contribution in [3.8, 4) is 0 Å². The Labute approximate surface area is 107 Å². The largest absolute Gasteiger partial charge is 0.376 e. The van der Waals surface area contributed by atoms with Crippen molar-refractivity contribution in [2.45, 2.75) is 25.4 Å². The van der Waals surface area contributed by atoms with E-state index in [1.807, 2.05) is 12.1 Å². The summed E-state index contributed by atoms with van der Waals surface area (Å²) in [7, 11) is 1.78. The van der Waals surface area contributed by atoms with Crippen LogP contribution in [0.2, 0.25) is 0 Å². The van der Waals surface area contributed by atoms with Gasteiger partial charge in [-0.3, -0.25) is 4.79 Å². The van der Waals surface area contributed by atoms with Crippen molar-refractivity contribution in [2.24, 2.45) is 0 Å². The molecule has 5 nitrogen and oxygen atoms in total. The van der Waals surface area contributed by atoms with Crippen LogP contribution in [0.4, 0.5) is 5.82 Å². The number of carbonyl (C=O) groups is 1. The highest BCUT2D eigenvalue weighted by Crippen LogP contribution is 2.11. The zero-order chi connectivity index (χ0) is 12.8. The van der Waals surface area contributed by atoms with E-state index in [-0.39, 0.29) is 12.0 Å². The Kier molecular flexibility index (Phi) is 4.52. The molecule has 2 rings (SSSR count). The normalized spacial score (nSPS) is 19.3. The van der Waals surface area contributed by atoms with Crippen molar-refractivity contribution in [1.29, 1.82) is 0 Å². The van der Waals surface area contributed by atoms with Gasteiger partial charge in [-0.25, -0.2) is 4.98 Å². The van der Waals surface area contributed by atoms with Crippen molar-refractivity contribution < 1.29 is 9.53 Å². The number of carbonyl (C=O) groups excluding carboxylic acids is 1. The molecule has 0 aromatic carbocycles. The van der Waals surface area contributed by atoms with Crippen molar-refractivity contribution >= 4 is 11.7 Å². The van der Waals surface area contributed by atoms with Crippen molar-refractivity contribution in [3.05, 3.63) is 23.9 Å². The number of hydrogen-bond acceptors (Lipinski definition) is 4. The first-order valence-electron chi connectivity index (χ1n) is 6.34. The van der Waals surface area contributed by atoms with E-state index in [1.165, 1.54) is 6.42 Å². The molecule has 1 aromatic heterocycles. The van der Waals surface area contributed by atoms with E-state index in [4.69, 9.17) is 4.74 Å². The molecule has 0 aliphatic carbocycles. The summed E-state index contributed by atoms with van der Waals surface area (Å²) < 4.78 is 5.56. The van der Waals surface area contributed by atoms with Crippen LogP contribution in [0.5, 0.6) is 0 Å². The lowest BCUT2D eigenvalue weighted by Gasteiger charge is -2.22. The van der Waals surface area contributed by atoms with Gasteiger partial charge in [-0.1, -0.05) is 6.07 Å². The summed E-state index contributed by atoms with van der Waals surface area (Å²) in [6.45, 7) is 1.36. The van der Waals surface area contributed by atoms with Gasteiger partial charge >= 0.3 is 0 Å². The zero-order valence-corrected chi connectivity index (χ0v) is 10.6. The van der Waals surface area contributed by atoms with Gasteiger partial charge in [0.15, 0.2) is 0 Å². The highest BCUT2D eigenvalue weighted by atomic mass is 16.5. The lowest BCUT2D eigenvalue weighted by molar-refractivity contribution is 0.0168. The van der Waals surface area contributed by atoms with Gasteiger partial charge in [0.05, 0.1) is 6.10 Å². The first-order chi connectivity index (χ1) is 8.79. The minimum absolute atomic E-state index is 0.148. The Balaban J connectivity index is 1.86. The predicted octanol–water partition coefficient (Wildman–Crippen LogP) is 1.42. The molecule has 98 valence electrons. The summed E-state index contributed by atoms with van der Waals surface area (Å²) in [5, 5.41) is 5.78. The van der Waals surface area contributed by atoms with Gasteiger partial charge in [0, 0.05) is 20.2 Å². The number of anilines is 1. The fourth-order valence-electron chi connectivity index (χ4n) is 1.97. The van der Waals surface area contributed by atoms with E-state index in [0.717, 1.165) is 19.4 Å². The molecule has 1 aliphatic heterocycles. The van der Waals surface area contributed by atoms with Gasteiger partial charge in [0.1, 0.15) is 11.5 Å². The van der Waals surface area contributed by atoms with E-state index < -0.39 is 0 Å². The van der Waals surface area contributed by atoms with Gasteiger partial charge in [0.25, 0.3) is 5.91 Å². The molecule has 1 atom stereocenters. The smallest absolute Gasteiger partial charge is 0.270 e. The lowest BCUT2D eigenvalue weighted by Crippen LogP contribution is -2.35. The van der Waals surface area contributed by atoms with Crippen molar-refractivity contribution in [2.75, 3.05) is 25.5 Å². The standard InChI is InChI=1S/C13H19N3O2/c1-14-12-7-4-6-11(16-12)13(17)15-9-10-5-2-3-8-18-10/h4,6-7,10H,2-3,5,8-9H2,1H3,(H,14,16)(H,15,17). The number of nitrogens with one attached hydrogen (secondary N) is 2. The molecular formula is C13H19N3O2. The average Bonchev–Trinajstić information content (AvgIpc) is 2.46. The minimum atomic E-state index is -0.152. The number of ether oxygens (including phenoxy) is 1. The Morgan fingerprint density at radius 2 is 2.39 bits per heavy atom. The fourth-order valence-corrected chi connectivity index (χ4v) is 1.97. The van der Waals surface area contributed by atoms with Crippen LogP contribution in [-0.2, 0) is 4.74 Å². The Hall–Kier alpha value is -1.62. The van der Waals surface area contributed by atoms with E-state index >= 15 is 0 Å². The summed E-state index contributed by atoms with van der Waals surface area (Å²) >= 11 is 0. The maximum atomic E-state index is 11.9. The predicted molar refractivity (Wildman–Crippen MR) is 69.7 cm³/mol. The summed E-state index contributed by atoms with van der Waals surface area (Å²) in [5.41, 5.74) is 0.428. The quantitative estimate of drug-likeness (QED) is 0.847. The van der Waals surface area contributed by atoms with Crippen LogP contribution in [-0.4, -0.2) is 37.2 Å². The minimum Gasteiger partial charge on any atom is -0.376 e. The molecule has 1 unspecified atom stereocenters. The molecule has 0 saturated carbocycles. The lowest BCUT2D eigenvalue weighted by atomic mass is 10.1. The van der Waals surface area contributed by atoms with Crippen LogP contribution in [0.25, 0.3) is 0 Å². The number of hydrogen-bond donors (Lipinski definition) is 2. The molecule has 5 heteroatoms. The maximum Gasteiger partial charge on any atom is 0.270 e. The molecule has 0 bridgehead atoms. The molecule has 1 aromatic rings. The molecule has 18 heavy (non-hydrogen) atoms. The number of amides is 1. The van der Waals surface area contributed by atoms with Crippen LogP contribution < -0.4 is 10.6 Å². The molecule has 2 N–H and O–H groups in total. The van der Waals surface area contributed by atoms with E-state index in [2.05, 4.69) is 15.6 Å². The highest BCUT2D eigenvalue weighted by Gasteiger charge is 2.15. The monoisotopic (exact) mass is 249 g/mol. The molecular weight excluding hydrogens is 230 g/mol. The van der Waals surface area contributed by atoms with E-state index in [9.17, 15) is 4.79 Å². The second-order valence-electron chi connectivity index (χ2n) is 4.36. The summed E-state index contributed by atoms with van der Waals surface area (Å²) in [6.07, 6.45) is 3.46. The molecule has 0 radical (unpaired) electrons. The second-order valence-corrected chi connectivity index (χ2v) is 4.36. The first kappa shape index (κ1) is 12.8. The number of pyridine rings is 1. The third-order valence-corrected chi connectivity index (χ3v) is 3.00. The third-order valence-electron chi connectivity index (χ3n) is 3.00. The number of nitrogens with zero attached hydrogens (tertiary/aromatic N) is 1. The van der Waals surface area contributed by atoms with Gasteiger partial charge in [-0.15, -0.1) is 0 Å². The summed E-state index contributed by atoms with van der Waals surface area (Å²) in [5.74, 6) is 0.540. The molecule has 1 fully saturated rings. The molecule has 0 spiro atoms. The van der Waals surface area contributed by atoms with Gasteiger partial charge < -0.3 is 15.4 Å². The van der Waals surface area contributed by atoms with Gasteiger partial charge in [-0.2, -0.15) is 0 Å². The molecule has 1 aliphatic rings. The Morgan fingerprint density at radius 3 is 3.11 bits per heavy atom. The second kappa shape index (κ2) is 6.35. The topological polar surface area (TPSA) is 63.2 Å². The van der Waals surface area contributed by atoms with Crippen LogP contribution in [0.15, 0.2) is 18.2 Å². The number of aromatic nitrogens is 1. The van der Waals surface area contributed by atoms with Crippen LogP contribution in [0.3, 0.4) is 0 Å². The number of rotatable bonds is 4. The summed E-state index contributed by atoms with van der Waals surface area (Å²) in [4.78, 5) is 16.1. The van der Waals surface area contributed by atoms with Crippen LogP contribution in [0, 0.1) is 0 Å². The van der Waals surface area contributed by atoms with E-state index in [0.29, 0.717) is 18.1 Å². The Bertz CT molecular complexity index is 403. The van der Waals surface area contributed by atoms with Crippen molar-refractivity contribution in [1.82, 2.24) is 10.3 Å². The Morgan fingerprint density at radius 1 is 1.50 bits per heavy atom. The van der Waals surface area contributed by atoms with Crippen LogP contribution >= 0.6 is 0 Å². The molecule has 1 saturated heterocycles. The maximum absolute atomic E-state index is 11.9. The average molecular weight is 249 g/mol. The molecule has 2 heterocycles. The fraction of sp³-hybridized carbons (Fsp3) is 0.538. The highest BCUT2D eigenvalue weighted by molar-refractivity contribution is 5.92.